The summed E-state index contributed by atoms with van der Waals surface area (Å²) in [6.07, 6.45) is 4.18. The summed E-state index contributed by atoms with van der Waals surface area (Å²) in [6, 6.07) is 7.07. The van der Waals surface area contributed by atoms with E-state index in [4.69, 9.17) is 0 Å². The quantitative estimate of drug-likeness (QED) is 0.606. The van der Waals surface area contributed by atoms with Gasteiger partial charge in [-0.2, -0.15) is 0 Å². The van der Waals surface area contributed by atoms with Crippen LogP contribution < -0.4 is 15.6 Å². The summed E-state index contributed by atoms with van der Waals surface area (Å²) >= 11 is 1.46. The molecule has 29 heavy (non-hydrogen) atoms. The van der Waals surface area contributed by atoms with Crippen LogP contribution in [0.3, 0.4) is 0 Å². The predicted octanol–water partition coefficient (Wildman–Crippen LogP) is 2.37. The van der Waals surface area contributed by atoms with Gasteiger partial charge < -0.3 is 0 Å². The average molecular weight is 436 g/mol. The van der Waals surface area contributed by atoms with Crippen LogP contribution in [-0.2, 0) is 27.7 Å². The van der Waals surface area contributed by atoms with Crippen molar-refractivity contribution in [2.24, 2.45) is 0 Å². The number of amides is 2. The van der Waals surface area contributed by atoms with E-state index in [9.17, 15) is 18.0 Å². The summed E-state index contributed by atoms with van der Waals surface area (Å²) in [5.74, 6) is -0.822. The summed E-state index contributed by atoms with van der Waals surface area (Å²) in [6.45, 7) is 3.47. The lowest BCUT2D eigenvalue weighted by Crippen LogP contribution is -2.42. The minimum absolute atomic E-state index is 0.0648. The Morgan fingerprint density at radius 1 is 1.07 bits per heavy atom. The minimum atomic E-state index is -3.70. The van der Waals surface area contributed by atoms with Gasteiger partial charge in [-0.05, 0) is 68.4 Å². The summed E-state index contributed by atoms with van der Waals surface area (Å²) in [4.78, 5) is 26.2. The maximum absolute atomic E-state index is 12.4. The summed E-state index contributed by atoms with van der Waals surface area (Å²) in [5, 5.41) is 0. The van der Waals surface area contributed by atoms with Gasteiger partial charge in [-0.15, -0.1) is 11.3 Å². The van der Waals surface area contributed by atoms with E-state index in [-0.39, 0.29) is 23.8 Å². The molecule has 2 amide bonds. The number of hydrazine groups is 1. The topological polar surface area (TPSA) is 104 Å². The zero-order chi connectivity index (χ0) is 21.0. The molecule has 2 aromatic rings. The highest BCUT2D eigenvalue weighted by Crippen LogP contribution is 2.29. The van der Waals surface area contributed by atoms with E-state index in [0.29, 0.717) is 10.4 Å². The zero-order valence-electron chi connectivity index (χ0n) is 16.5. The maximum atomic E-state index is 12.4. The van der Waals surface area contributed by atoms with E-state index in [0.717, 1.165) is 31.2 Å². The smallest absolute Gasteiger partial charge is 0.273 e. The van der Waals surface area contributed by atoms with Crippen LogP contribution in [-0.4, -0.2) is 26.8 Å². The predicted molar refractivity (Wildman–Crippen MR) is 112 cm³/mol. The van der Waals surface area contributed by atoms with Gasteiger partial charge in [0.2, 0.25) is 15.9 Å². The Morgan fingerprint density at radius 3 is 2.59 bits per heavy atom. The van der Waals surface area contributed by atoms with E-state index >= 15 is 0 Å². The van der Waals surface area contributed by atoms with E-state index < -0.39 is 15.9 Å². The van der Waals surface area contributed by atoms with Crippen LogP contribution in [0.15, 0.2) is 29.2 Å². The summed E-state index contributed by atoms with van der Waals surface area (Å²) in [5.41, 5.74) is 7.44. The van der Waals surface area contributed by atoms with Gasteiger partial charge in [-0.1, -0.05) is 12.1 Å². The van der Waals surface area contributed by atoms with Gasteiger partial charge in [0.05, 0.1) is 9.77 Å². The maximum Gasteiger partial charge on any atom is 0.279 e. The number of aryl methyl sites for hydroxylation is 4. The number of carbonyl (C=O) groups excluding carboxylic acids is 2. The lowest BCUT2D eigenvalue weighted by Gasteiger charge is -2.10. The van der Waals surface area contributed by atoms with Crippen LogP contribution >= 0.6 is 11.3 Å². The van der Waals surface area contributed by atoms with Crippen LogP contribution in [0.2, 0.25) is 0 Å². The van der Waals surface area contributed by atoms with E-state index in [1.165, 1.54) is 21.8 Å². The Bertz CT molecular complexity index is 1000. The molecule has 0 saturated heterocycles. The molecule has 1 aromatic heterocycles. The van der Waals surface area contributed by atoms with Crippen molar-refractivity contribution in [2.45, 2.75) is 50.8 Å². The molecule has 1 aliphatic carbocycles. The highest BCUT2D eigenvalue weighted by molar-refractivity contribution is 7.89. The Balaban J connectivity index is 1.47. The second-order valence-corrected chi connectivity index (χ2v) is 10.1. The van der Waals surface area contributed by atoms with Crippen molar-refractivity contribution in [3.05, 3.63) is 50.7 Å². The molecule has 1 heterocycles. The number of sulfonamides is 1. The SMILES string of the molecule is Cc1ccc(C)c(S(=O)(=O)NCCC(=O)NNC(=O)c2cc3c(s2)CCCC3)c1. The third kappa shape index (κ3) is 5.43. The average Bonchev–Trinajstić information content (AvgIpc) is 3.12. The summed E-state index contributed by atoms with van der Waals surface area (Å²) in [7, 11) is -3.70. The molecule has 1 aromatic carbocycles. The van der Waals surface area contributed by atoms with Gasteiger partial charge in [0.1, 0.15) is 0 Å². The number of hydrogen-bond donors (Lipinski definition) is 3. The van der Waals surface area contributed by atoms with Gasteiger partial charge >= 0.3 is 0 Å². The molecule has 0 bridgehead atoms. The molecule has 3 rings (SSSR count). The molecule has 0 aliphatic heterocycles. The Hall–Kier alpha value is -2.23. The molecule has 0 spiro atoms. The second kappa shape index (κ2) is 9.06. The molecule has 0 saturated carbocycles. The standard InChI is InChI=1S/C20H25N3O4S2/c1-13-7-8-14(2)18(11-13)29(26,27)21-10-9-19(24)22-23-20(25)17-12-15-5-3-4-6-16(15)28-17/h7-8,11-12,21H,3-6,9-10H2,1-2H3,(H,22,24)(H,23,25). The molecule has 0 radical (unpaired) electrons. The number of rotatable bonds is 6. The zero-order valence-corrected chi connectivity index (χ0v) is 18.1. The van der Waals surface area contributed by atoms with Crippen molar-refractivity contribution in [1.82, 2.24) is 15.6 Å². The second-order valence-electron chi connectivity index (χ2n) is 7.19. The number of benzene rings is 1. The van der Waals surface area contributed by atoms with Crippen molar-refractivity contribution < 1.29 is 18.0 Å². The number of nitrogens with one attached hydrogen (secondary N) is 3. The first-order valence-electron chi connectivity index (χ1n) is 9.54. The number of carbonyl (C=O) groups is 2. The Morgan fingerprint density at radius 2 is 1.83 bits per heavy atom. The van der Waals surface area contributed by atoms with Crippen LogP contribution in [0.4, 0.5) is 0 Å². The summed E-state index contributed by atoms with van der Waals surface area (Å²) < 4.78 is 27.3. The fourth-order valence-corrected chi connectivity index (χ4v) is 5.73. The van der Waals surface area contributed by atoms with Gasteiger partial charge in [0, 0.05) is 17.8 Å². The minimum Gasteiger partial charge on any atom is -0.273 e. The van der Waals surface area contributed by atoms with E-state index in [2.05, 4.69) is 15.6 Å². The Kier molecular flexibility index (Phi) is 6.71. The van der Waals surface area contributed by atoms with Crippen molar-refractivity contribution in [3.8, 4) is 0 Å². The molecule has 0 atom stereocenters. The van der Waals surface area contributed by atoms with Crippen LogP contribution in [0.5, 0.6) is 0 Å². The fourth-order valence-electron chi connectivity index (χ4n) is 3.23. The van der Waals surface area contributed by atoms with Crippen LogP contribution in [0, 0.1) is 13.8 Å². The van der Waals surface area contributed by atoms with E-state index in [1.807, 2.05) is 19.1 Å². The highest BCUT2D eigenvalue weighted by Gasteiger charge is 2.19. The third-order valence-corrected chi connectivity index (χ3v) is 7.65. The molecule has 0 unspecified atom stereocenters. The molecule has 3 N–H and O–H groups in total. The first-order valence-corrected chi connectivity index (χ1v) is 11.8. The van der Waals surface area contributed by atoms with Crippen molar-refractivity contribution in [3.63, 3.8) is 0 Å². The van der Waals surface area contributed by atoms with Crippen LogP contribution in [0.1, 0.15) is 50.5 Å². The lowest BCUT2D eigenvalue weighted by molar-refractivity contribution is -0.121. The van der Waals surface area contributed by atoms with Gasteiger partial charge in [0.15, 0.2) is 0 Å². The van der Waals surface area contributed by atoms with Crippen LogP contribution in [0.25, 0.3) is 0 Å². The molecule has 156 valence electrons. The first-order chi connectivity index (χ1) is 13.8. The van der Waals surface area contributed by atoms with E-state index in [1.54, 1.807) is 19.1 Å². The van der Waals surface area contributed by atoms with Crippen molar-refractivity contribution in [2.75, 3.05) is 6.54 Å². The normalized spacial score (nSPS) is 13.6. The monoisotopic (exact) mass is 435 g/mol. The Labute approximate surface area is 174 Å². The molecular weight excluding hydrogens is 410 g/mol. The molecule has 7 nitrogen and oxygen atoms in total. The number of fused-ring (bicyclic) bond motifs is 1. The highest BCUT2D eigenvalue weighted by atomic mass is 32.2. The van der Waals surface area contributed by atoms with Crippen molar-refractivity contribution in [1.29, 1.82) is 0 Å². The molecule has 0 fully saturated rings. The lowest BCUT2D eigenvalue weighted by atomic mass is 9.99. The van der Waals surface area contributed by atoms with Gasteiger partial charge in [-0.3, -0.25) is 20.4 Å². The largest absolute Gasteiger partial charge is 0.279 e. The molecular formula is C20H25N3O4S2. The van der Waals surface area contributed by atoms with Gasteiger partial charge in [0.25, 0.3) is 5.91 Å². The fraction of sp³-hybridized carbons (Fsp3) is 0.400. The molecule has 1 aliphatic rings. The third-order valence-electron chi connectivity index (χ3n) is 4.81. The van der Waals surface area contributed by atoms with Crippen molar-refractivity contribution >= 4 is 33.2 Å². The first kappa shape index (κ1) is 21.5. The van der Waals surface area contributed by atoms with Gasteiger partial charge in [-0.25, -0.2) is 13.1 Å². The number of thiophene rings is 1. The number of hydrogen-bond acceptors (Lipinski definition) is 5. The molecule has 9 heteroatoms.